The van der Waals surface area contributed by atoms with E-state index in [9.17, 15) is 53.2 Å². The number of aromatic nitrogens is 10. The molecule has 5 aliphatic rings. The first-order valence-corrected chi connectivity index (χ1v) is 47.9. The SMILES string of the molecule is CC(C)(O)c1ccc(-n2ccc3cc(C(=O)N4CCCCC4)cnc32)cc1.CC(C)(O)c1cccc(-n2ccc3cc(C(=O)N4CCCCC4)cnc32)c1.CC1CCN(C(=O)c2cnc3c(ccn3-c3ccc(C(C)O)cc3)c2)CC1.CC1CCN(C(=O)c2cnc3c(ccn3-c3cccc(C(C)O)c3)c2)CC1.COc1ccc(-n2ccc3cc(C(=O)N4CCC(C(C)(F)F)CC4)cnc32)cc1. The molecule has 2 atom stereocenters. The largest absolute Gasteiger partial charge is 0.497 e. The number of amides is 5. The Morgan fingerprint density at radius 2 is 0.635 bits per heavy atom. The third-order valence-electron chi connectivity index (χ3n) is 27.1. The van der Waals surface area contributed by atoms with Crippen LogP contribution < -0.4 is 4.74 Å². The van der Waals surface area contributed by atoms with Crippen LogP contribution in [-0.2, 0) is 11.2 Å². The number of hydrogen-bond acceptors (Lipinski definition) is 15. The fourth-order valence-electron chi connectivity index (χ4n) is 18.5. The lowest BCUT2D eigenvalue weighted by Crippen LogP contribution is -2.42. The quantitative estimate of drug-likeness (QED) is 0.0700. The predicted molar refractivity (Wildman–Crippen MR) is 531 cm³/mol. The molecule has 712 valence electrons. The molecule has 4 N–H and O–H groups in total. The molecule has 27 heteroatoms. The fraction of sp³-hybridized carbons (Fsp3) is 0.364. The van der Waals surface area contributed by atoms with E-state index in [0.717, 1.165) is 222 Å². The van der Waals surface area contributed by atoms with Gasteiger partial charge in [-0.3, -0.25) is 24.0 Å². The Morgan fingerprint density at radius 1 is 0.343 bits per heavy atom. The van der Waals surface area contributed by atoms with Gasteiger partial charge in [-0.2, -0.15) is 0 Å². The summed E-state index contributed by atoms with van der Waals surface area (Å²) in [4.78, 5) is 96.0. The number of nitrogens with zero attached hydrogens (tertiary/aromatic N) is 15. The molecule has 10 aromatic heterocycles. The zero-order chi connectivity index (χ0) is 96.6. The Balaban J connectivity index is 0.000000124. The van der Waals surface area contributed by atoms with Gasteiger partial charge in [0.2, 0.25) is 5.92 Å². The first kappa shape index (κ1) is 96.5. The van der Waals surface area contributed by atoms with Crippen molar-refractivity contribution in [2.45, 2.75) is 169 Å². The Labute approximate surface area is 797 Å². The molecule has 2 unspecified atom stereocenters. The highest BCUT2D eigenvalue weighted by atomic mass is 19.3. The number of ether oxygens (including phenoxy) is 1. The van der Waals surface area contributed by atoms with Gasteiger partial charge in [0.15, 0.2) is 0 Å². The monoisotopic (exact) mass is 1850 g/mol. The van der Waals surface area contributed by atoms with Gasteiger partial charge in [-0.1, -0.05) is 62.4 Å². The van der Waals surface area contributed by atoms with Crippen molar-refractivity contribution in [1.29, 1.82) is 0 Å². The molecule has 5 aliphatic heterocycles. The molecule has 0 radical (unpaired) electrons. The van der Waals surface area contributed by atoms with Gasteiger partial charge in [0.1, 0.15) is 34.0 Å². The fourth-order valence-corrected chi connectivity index (χ4v) is 18.5. The van der Waals surface area contributed by atoms with Crippen LogP contribution >= 0.6 is 0 Å². The van der Waals surface area contributed by atoms with E-state index in [2.05, 4.69) is 38.8 Å². The van der Waals surface area contributed by atoms with Crippen molar-refractivity contribution in [2.75, 3.05) is 72.6 Å². The number of methoxy groups -OCH3 is 1. The zero-order valence-electron chi connectivity index (χ0n) is 79.7. The molecular formula is C110H123F2N15O10. The van der Waals surface area contributed by atoms with Gasteiger partial charge in [0.05, 0.1) is 58.3 Å². The second-order valence-electron chi connectivity index (χ2n) is 38.2. The number of carbonyl (C=O) groups excluding carboxylic acids is 5. The Morgan fingerprint density at radius 3 is 0.949 bits per heavy atom. The number of fused-ring (bicyclic) bond motifs is 5. The summed E-state index contributed by atoms with van der Waals surface area (Å²) in [7, 11) is 1.62. The first-order valence-electron chi connectivity index (χ1n) is 47.9. The molecule has 5 saturated heterocycles. The lowest BCUT2D eigenvalue weighted by molar-refractivity contribution is -0.0595. The average molecular weight is 1850 g/mol. The molecule has 5 amide bonds. The molecule has 0 bridgehead atoms. The summed E-state index contributed by atoms with van der Waals surface area (Å²) in [6, 6.07) is 58.2. The van der Waals surface area contributed by atoms with Crippen LogP contribution in [0.5, 0.6) is 5.75 Å². The Hall–Kier alpha value is -13.6. The first-order chi connectivity index (χ1) is 65.8. The molecule has 0 spiro atoms. The minimum Gasteiger partial charge on any atom is -0.497 e. The van der Waals surface area contributed by atoms with Gasteiger partial charge in [-0.15, -0.1) is 0 Å². The summed E-state index contributed by atoms with van der Waals surface area (Å²) in [5.41, 5.74) is 13.5. The van der Waals surface area contributed by atoms with Crippen LogP contribution in [0.4, 0.5) is 8.78 Å². The second kappa shape index (κ2) is 41.9. The lowest BCUT2D eigenvalue weighted by atomic mass is 9.91. The maximum absolute atomic E-state index is 13.5. The van der Waals surface area contributed by atoms with Crippen LogP contribution in [-0.4, -0.2) is 201 Å². The molecule has 0 aliphatic carbocycles. The minimum atomic E-state index is -2.69. The third kappa shape index (κ3) is 22.6. The van der Waals surface area contributed by atoms with Gasteiger partial charge in [-0.25, -0.2) is 33.7 Å². The Bertz CT molecular complexity index is 6760. The number of benzene rings is 5. The summed E-state index contributed by atoms with van der Waals surface area (Å²) >= 11 is 0. The molecule has 5 fully saturated rings. The molecule has 137 heavy (non-hydrogen) atoms. The van der Waals surface area contributed by atoms with Crippen LogP contribution in [0.15, 0.2) is 244 Å². The summed E-state index contributed by atoms with van der Waals surface area (Å²) in [5.74, 6) is -1.06. The molecular weight excluding hydrogens is 1730 g/mol. The van der Waals surface area contributed by atoms with Gasteiger partial charge < -0.3 is 72.5 Å². The highest BCUT2D eigenvalue weighted by Crippen LogP contribution is 2.36. The normalized spacial score (nSPS) is 15.9. The van der Waals surface area contributed by atoms with Crippen molar-refractivity contribution in [3.05, 3.63) is 294 Å². The lowest BCUT2D eigenvalue weighted by Gasteiger charge is -2.34. The highest BCUT2D eigenvalue weighted by molar-refractivity contribution is 6.01. The molecule has 25 nitrogen and oxygen atoms in total. The number of piperidine rings is 5. The average Bonchev–Trinajstić information content (AvgIpc) is 1.68. The van der Waals surface area contributed by atoms with Crippen LogP contribution in [0, 0.1) is 17.8 Å². The maximum atomic E-state index is 13.5. The number of pyridine rings is 5. The molecule has 5 aromatic carbocycles. The number of carbonyl (C=O) groups is 5. The number of hydrogen-bond donors (Lipinski definition) is 4. The number of aliphatic hydroxyl groups excluding tert-OH is 2. The molecule has 15 heterocycles. The molecule has 20 rings (SSSR count). The summed E-state index contributed by atoms with van der Waals surface area (Å²) in [6.07, 6.45) is 28.7. The van der Waals surface area contributed by atoms with Crippen molar-refractivity contribution in [3.63, 3.8) is 0 Å². The third-order valence-corrected chi connectivity index (χ3v) is 27.1. The summed E-state index contributed by atoms with van der Waals surface area (Å²) < 4.78 is 42.1. The maximum Gasteiger partial charge on any atom is 0.255 e. The van der Waals surface area contributed by atoms with Gasteiger partial charge in [-0.05, 0) is 293 Å². The van der Waals surface area contributed by atoms with Crippen molar-refractivity contribution in [3.8, 4) is 34.2 Å². The molecule has 0 saturated carbocycles. The topological polar surface area (TPSA) is 281 Å². The number of rotatable bonds is 16. The van der Waals surface area contributed by atoms with Crippen molar-refractivity contribution < 1.29 is 57.9 Å². The van der Waals surface area contributed by atoms with Crippen molar-refractivity contribution in [2.24, 2.45) is 17.8 Å². The van der Waals surface area contributed by atoms with E-state index < -0.39 is 35.3 Å². The van der Waals surface area contributed by atoms with E-state index >= 15 is 0 Å². The van der Waals surface area contributed by atoms with E-state index in [1.165, 1.54) is 12.8 Å². The van der Waals surface area contributed by atoms with Crippen LogP contribution in [0.3, 0.4) is 0 Å². The van der Waals surface area contributed by atoms with Gasteiger partial charge in [0.25, 0.3) is 29.5 Å². The summed E-state index contributed by atoms with van der Waals surface area (Å²) in [6.45, 7) is 23.4. The van der Waals surface area contributed by atoms with Crippen LogP contribution in [0.1, 0.15) is 226 Å². The second-order valence-corrected chi connectivity index (χ2v) is 38.2. The molecule has 15 aromatic rings. The highest BCUT2D eigenvalue weighted by Gasteiger charge is 2.38. The minimum absolute atomic E-state index is 0.0696. The van der Waals surface area contributed by atoms with E-state index in [1.54, 1.807) is 84.5 Å². The van der Waals surface area contributed by atoms with E-state index in [1.807, 2.05) is 255 Å². The zero-order valence-corrected chi connectivity index (χ0v) is 79.7. The van der Waals surface area contributed by atoms with E-state index in [0.29, 0.717) is 65.6 Å². The number of alkyl halides is 2. The number of halogens is 2. The number of aliphatic hydroxyl groups is 4. The smallest absolute Gasteiger partial charge is 0.255 e. The summed E-state index contributed by atoms with van der Waals surface area (Å²) in [5, 5.41) is 44.5. The predicted octanol–water partition coefficient (Wildman–Crippen LogP) is 20.2. The van der Waals surface area contributed by atoms with E-state index in [-0.39, 0.29) is 29.5 Å². The Kier molecular flexibility index (Phi) is 29.5. The van der Waals surface area contributed by atoms with Gasteiger partial charge in [0, 0.05) is 189 Å². The van der Waals surface area contributed by atoms with Crippen molar-refractivity contribution in [1.82, 2.24) is 72.3 Å². The van der Waals surface area contributed by atoms with Crippen LogP contribution in [0.25, 0.3) is 83.6 Å². The van der Waals surface area contributed by atoms with E-state index in [4.69, 9.17) is 4.74 Å². The van der Waals surface area contributed by atoms with Gasteiger partial charge >= 0.3 is 0 Å². The van der Waals surface area contributed by atoms with Crippen molar-refractivity contribution >= 4 is 84.7 Å². The number of likely N-dealkylation sites (tertiary alicyclic amines) is 5. The van der Waals surface area contributed by atoms with Crippen LogP contribution in [0.2, 0.25) is 0 Å². The standard InChI is InChI=1S/C22H23F2N3O2.4C22H25N3O2/c1-22(23,24)17-8-10-26(11-9-17)21(28)16-13-15-7-12-27(20(15)25-14-16)18-3-5-19(29-2)6-4-18;1-15-7-10-24(11-8-15)22(27)19-13-18-9-12-25(21(18)23-14-19)20-5-3-17(4-6-20)16(2)26;1-15-6-9-24(10-7-15)22(27)19-12-18-8-11-25(21(18)23-14-19)20-5-3-4-17(13-20)16(2)26;1-22(2,27)18-6-8-19(9-7-18)25-13-10-16-14-17(15-23-20(16)25)21(26)24-11-4-3-5-12-24;1-22(2,27)18-7-6-8-19(14-18)25-12-9-16-13-17(15-23-20(16)25)21(26)24-10-4-3-5-11-24/h3-7,12-14,17H,8-11H2,1-2H3;3-6,9,12-16,26H,7-8,10-11H2,1-2H3;3-5,8,11-16,26H,6-7,9-10H2,1-2H3;6-10,13-15,27H,3-5,11-12H2,1-2H3;6-9,12-15,27H,3-5,10-11H2,1-2H3.